The van der Waals surface area contributed by atoms with Crippen molar-refractivity contribution in [1.82, 2.24) is 14.3 Å². The van der Waals surface area contributed by atoms with Gasteiger partial charge in [-0.15, -0.1) is 0 Å². The first kappa shape index (κ1) is 19.8. The van der Waals surface area contributed by atoms with Crippen molar-refractivity contribution >= 4 is 33.6 Å². The molecule has 0 aliphatic carbocycles. The summed E-state index contributed by atoms with van der Waals surface area (Å²) in [6.07, 6.45) is 0. The van der Waals surface area contributed by atoms with E-state index in [4.69, 9.17) is 5.10 Å². The van der Waals surface area contributed by atoms with Crippen LogP contribution in [-0.2, 0) is 12.6 Å². The summed E-state index contributed by atoms with van der Waals surface area (Å²) in [6.45, 7) is 0. The highest BCUT2D eigenvalue weighted by atomic mass is 127. The van der Waals surface area contributed by atoms with E-state index in [0.29, 0.717) is 0 Å². The van der Waals surface area contributed by atoms with Gasteiger partial charge in [0, 0.05) is 13.1 Å². The van der Waals surface area contributed by atoms with Crippen molar-refractivity contribution in [2.45, 2.75) is 5.54 Å². The second-order valence-electron chi connectivity index (χ2n) is 7.48. The van der Waals surface area contributed by atoms with E-state index in [9.17, 15) is 4.79 Å². The number of benzene rings is 3. The minimum absolute atomic E-state index is 0.0466. The summed E-state index contributed by atoms with van der Waals surface area (Å²) in [4.78, 5) is 12.4. The number of aryl methyl sites for hydroxylation is 1. The molecule has 2 aromatic heterocycles. The topological polar surface area (TPSA) is 39.8 Å². The van der Waals surface area contributed by atoms with Gasteiger partial charge in [0.05, 0.1) is 5.52 Å². The lowest BCUT2D eigenvalue weighted by molar-refractivity contribution is 0.473. The van der Waals surface area contributed by atoms with Gasteiger partial charge in [-0.3, -0.25) is 4.79 Å². The molecule has 0 amide bonds. The minimum atomic E-state index is -0.706. The van der Waals surface area contributed by atoms with E-state index in [0.717, 1.165) is 31.4 Å². The van der Waals surface area contributed by atoms with Crippen molar-refractivity contribution in [3.05, 3.63) is 134 Å². The van der Waals surface area contributed by atoms with E-state index in [1.54, 1.807) is 17.7 Å². The van der Waals surface area contributed by atoms with Gasteiger partial charge in [-0.25, -0.2) is 4.68 Å². The first-order valence-corrected chi connectivity index (χ1v) is 11.1. The largest absolute Gasteiger partial charge is 0.308 e. The van der Waals surface area contributed by atoms with Crippen LogP contribution in [0.4, 0.5) is 0 Å². The summed E-state index contributed by atoms with van der Waals surface area (Å²) in [6, 6.07) is 34.8. The second kappa shape index (κ2) is 7.81. The lowest BCUT2D eigenvalue weighted by Crippen LogP contribution is -2.38. The maximum absolute atomic E-state index is 12.4. The third-order valence-electron chi connectivity index (χ3n) is 5.80. The summed E-state index contributed by atoms with van der Waals surface area (Å²) in [5.74, 6) is 0. The number of fused-ring (bicyclic) bond motifs is 1. The molecule has 0 N–H and O–H groups in total. The van der Waals surface area contributed by atoms with E-state index in [1.807, 2.05) is 24.3 Å². The van der Waals surface area contributed by atoms with Crippen LogP contribution in [0, 0.1) is 3.70 Å². The molecule has 0 saturated heterocycles. The third-order valence-corrected chi connectivity index (χ3v) is 6.52. The van der Waals surface area contributed by atoms with Gasteiger partial charge in [0.1, 0.15) is 14.8 Å². The summed E-state index contributed by atoms with van der Waals surface area (Å²) < 4.78 is 4.54. The summed E-state index contributed by atoms with van der Waals surface area (Å²) in [5.41, 5.74) is 4.28. The summed E-state index contributed by atoms with van der Waals surface area (Å²) in [5, 5.41) is 5.04. The van der Waals surface area contributed by atoms with E-state index in [-0.39, 0.29) is 5.56 Å². The molecule has 0 saturated carbocycles. The number of rotatable bonds is 4. The van der Waals surface area contributed by atoms with Crippen molar-refractivity contribution in [1.29, 1.82) is 0 Å². The highest BCUT2D eigenvalue weighted by Crippen LogP contribution is 2.42. The van der Waals surface area contributed by atoms with Gasteiger partial charge in [-0.1, -0.05) is 91.0 Å². The van der Waals surface area contributed by atoms with Crippen molar-refractivity contribution in [2.75, 3.05) is 0 Å². The molecule has 2 heterocycles. The second-order valence-corrected chi connectivity index (χ2v) is 8.50. The zero-order valence-corrected chi connectivity index (χ0v) is 19.1. The Kier molecular flexibility index (Phi) is 4.98. The van der Waals surface area contributed by atoms with Crippen molar-refractivity contribution in [3.8, 4) is 0 Å². The quantitative estimate of drug-likeness (QED) is 0.244. The minimum Gasteiger partial charge on any atom is -0.308 e. The number of halogens is 1. The summed E-state index contributed by atoms with van der Waals surface area (Å²) in [7, 11) is 1.80. The molecule has 0 spiro atoms. The molecule has 0 aliphatic heterocycles. The number of hydrogen-bond donors (Lipinski definition) is 0. The van der Waals surface area contributed by atoms with Crippen molar-refractivity contribution < 1.29 is 0 Å². The van der Waals surface area contributed by atoms with Crippen LogP contribution in [0.1, 0.15) is 16.7 Å². The van der Waals surface area contributed by atoms with Crippen molar-refractivity contribution in [2.24, 2.45) is 7.05 Å². The van der Waals surface area contributed by atoms with Gasteiger partial charge in [0.25, 0.3) is 5.56 Å². The Bertz CT molecular complexity index is 1310. The predicted molar refractivity (Wildman–Crippen MR) is 132 cm³/mol. The van der Waals surface area contributed by atoms with Gasteiger partial charge in [-0.2, -0.15) is 5.10 Å². The Balaban J connectivity index is 2.01. The molecule has 3 aromatic carbocycles. The van der Waals surface area contributed by atoms with Crippen LogP contribution in [0.25, 0.3) is 11.0 Å². The van der Waals surface area contributed by atoms with Crippen LogP contribution in [0.5, 0.6) is 0 Å². The van der Waals surface area contributed by atoms with Crippen LogP contribution >= 0.6 is 22.6 Å². The van der Waals surface area contributed by atoms with Crippen LogP contribution in [0.3, 0.4) is 0 Å². The molecule has 4 nitrogen and oxygen atoms in total. The molecular formula is C26H20IN3O. The summed E-state index contributed by atoms with van der Waals surface area (Å²) >= 11 is 2.23. The maximum Gasteiger partial charge on any atom is 0.250 e. The molecule has 5 heteroatoms. The Labute approximate surface area is 193 Å². The third kappa shape index (κ3) is 3.03. The Morgan fingerprint density at radius 1 is 0.710 bits per heavy atom. The van der Waals surface area contributed by atoms with Gasteiger partial charge in [-0.05, 0) is 45.3 Å². The molecule has 31 heavy (non-hydrogen) atoms. The Hall–Kier alpha value is -3.19. The van der Waals surface area contributed by atoms with E-state index in [2.05, 4.69) is 100 Å². The molecule has 5 rings (SSSR count). The van der Waals surface area contributed by atoms with E-state index in [1.165, 1.54) is 0 Å². The lowest BCUT2D eigenvalue weighted by Gasteiger charge is -2.36. The van der Waals surface area contributed by atoms with Crippen molar-refractivity contribution in [3.63, 3.8) is 0 Å². The van der Waals surface area contributed by atoms with Gasteiger partial charge < -0.3 is 4.57 Å². The maximum atomic E-state index is 12.4. The number of hydrogen-bond acceptors (Lipinski definition) is 2. The molecule has 0 bridgehead atoms. The average Bonchev–Trinajstić information content (AvgIpc) is 3.16. The number of aromatic nitrogens is 3. The van der Waals surface area contributed by atoms with Crippen LogP contribution in [0.2, 0.25) is 0 Å². The van der Waals surface area contributed by atoms with Gasteiger partial charge >= 0.3 is 0 Å². The highest BCUT2D eigenvalue weighted by molar-refractivity contribution is 14.1. The standard InChI is InChI=1S/C26H20IN3O/c1-29-23(31)18-17-22-24(29)25(27)28-30(22)26(19-11-5-2-6-12-19,20-13-7-3-8-14-20)21-15-9-4-10-16-21/h2-18H,1H3. The van der Waals surface area contributed by atoms with Gasteiger partial charge in [0.15, 0.2) is 0 Å². The molecule has 152 valence electrons. The first-order valence-electron chi connectivity index (χ1n) is 10.1. The number of nitrogens with zero attached hydrogens (tertiary/aromatic N) is 3. The smallest absolute Gasteiger partial charge is 0.250 e. The molecular weight excluding hydrogens is 497 g/mol. The molecule has 0 fully saturated rings. The molecule has 0 unspecified atom stereocenters. The normalized spacial score (nSPS) is 11.7. The van der Waals surface area contributed by atoms with Crippen LogP contribution < -0.4 is 5.56 Å². The molecule has 0 atom stereocenters. The fourth-order valence-corrected chi connectivity index (χ4v) is 5.24. The zero-order valence-electron chi connectivity index (χ0n) is 16.9. The number of pyridine rings is 1. The van der Waals surface area contributed by atoms with Crippen LogP contribution in [0.15, 0.2) is 108 Å². The Morgan fingerprint density at radius 2 is 1.16 bits per heavy atom. The fraction of sp³-hybridized carbons (Fsp3) is 0.0769. The molecule has 5 aromatic rings. The highest BCUT2D eigenvalue weighted by Gasteiger charge is 2.41. The average molecular weight is 517 g/mol. The van der Waals surface area contributed by atoms with E-state index >= 15 is 0 Å². The predicted octanol–water partition coefficient (Wildman–Crippen LogP) is 5.18. The first-order chi connectivity index (χ1) is 15.1. The van der Waals surface area contributed by atoms with Gasteiger partial charge in [0.2, 0.25) is 0 Å². The monoisotopic (exact) mass is 517 g/mol. The van der Waals surface area contributed by atoms with E-state index < -0.39 is 5.54 Å². The lowest BCUT2D eigenvalue weighted by atomic mass is 9.77. The molecule has 0 aliphatic rings. The molecule has 0 radical (unpaired) electrons. The van der Waals surface area contributed by atoms with Crippen LogP contribution in [-0.4, -0.2) is 14.3 Å². The zero-order chi connectivity index (χ0) is 21.4. The Morgan fingerprint density at radius 3 is 1.61 bits per heavy atom. The fourth-order valence-electron chi connectivity index (χ4n) is 4.39. The SMILES string of the molecule is Cn1c(=O)ccc2c1c(I)nn2C(c1ccccc1)(c1ccccc1)c1ccccc1.